The summed E-state index contributed by atoms with van der Waals surface area (Å²) < 4.78 is 1.98. The number of pyridine rings is 1. The average Bonchev–Trinajstić information content (AvgIpc) is 2.48. The molecule has 0 saturated heterocycles. The van der Waals surface area contributed by atoms with Gasteiger partial charge >= 0.3 is 0 Å². The molecule has 0 bridgehead atoms. The second kappa shape index (κ2) is 2.73. The zero-order valence-electron chi connectivity index (χ0n) is 7.61. The molecule has 0 unspecified atom stereocenters. The van der Waals surface area contributed by atoms with Gasteiger partial charge in [0.25, 0.3) is 5.56 Å². The molecule has 13 heavy (non-hydrogen) atoms. The molecular formula is C9H11N3O. The topological polar surface area (TPSA) is 50.7 Å². The minimum atomic E-state index is -0.128. The molecule has 0 aliphatic rings. The smallest absolute Gasteiger partial charge is 0.276 e. The van der Waals surface area contributed by atoms with Crippen molar-refractivity contribution in [1.29, 1.82) is 0 Å². The molecule has 4 heteroatoms. The number of fused-ring (bicyclic) bond motifs is 1. The Morgan fingerprint density at radius 2 is 2.31 bits per heavy atom. The van der Waals surface area contributed by atoms with E-state index in [2.05, 4.69) is 23.8 Å². The Kier molecular flexibility index (Phi) is 1.69. The van der Waals surface area contributed by atoms with Crippen LogP contribution >= 0.6 is 0 Å². The summed E-state index contributed by atoms with van der Waals surface area (Å²) in [5, 5.41) is 0. The largest absolute Gasteiger partial charge is 0.328 e. The van der Waals surface area contributed by atoms with E-state index in [-0.39, 0.29) is 5.56 Å². The van der Waals surface area contributed by atoms with Crippen LogP contribution in [0.2, 0.25) is 0 Å². The van der Waals surface area contributed by atoms with E-state index < -0.39 is 0 Å². The number of H-pyrrole nitrogens is 1. The van der Waals surface area contributed by atoms with Crippen LogP contribution in [0, 0.1) is 0 Å². The number of imidazole rings is 1. The molecule has 0 radical (unpaired) electrons. The zero-order chi connectivity index (χ0) is 9.42. The predicted molar refractivity (Wildman–Crippen MR) is 50.7 cm³/mol. The van der Waals surface area contributed by atoms with E-state index in [9.17, 15) is 4.79 Å². The summed E-state index contributed by atoms with van der Waals surface area (Å²) >= 11 is 0. The van der Waals surface area contributed by atoms with Crippen molar-refractivity contribution < 1.29 is 0 Å². The quantitative estimate of drug-likeness (QED) is 0.713. The van der Waals surface area contributed by atoms with Gasteiger partial charge in [-0.15, -0.1) is 0 Å². The predicted octanol–water partition coefficient (Wildman–Crippen LogP) is 1.31. The SMILES string of the molecule is CC(C)n1cnc2c(=O)[nH]ccc21. The Balaban J connectivity index is 2.83. The Labute approximate surface area is 75.2 Å². The third kappa shape index (κ3) is 1.14. The van der Waals surface area contributed by atoms with Gasteiger partial charge in [0.2, 0.25) is 0 Å². The fourth-order valence-corrected chi connectivity index (χ4v) is 1.39. The first-order valence-electron chi connectivity index (χ1n) is 4.24. The Morgan fingerprint density at radius 1 is 1.54 bits per heavy atom. The van der Waals surface area contributed by atoms with Crippen LogP contribution in [0.4, 0.5) is 0 Å². The standard InChI is InChI=1S/C9H11N3O/c1-6(2)12-5-11-8-7(12)3-4-10-9(8)13/h3-6H,1-2H3,(H,10,13). The van der Waals surface area contributed by atoms with Gasteiger partial charge in [0, 0.05) is 12.2 Å². The van der Waals surface area contributed by atoms with Crippen molar-refractivity contribution in [2.75, 3.05) is 0 Å². The van der Waals surface area contributed by atoms with Crippen molar-refractivity contribution in [2.45, 2.75) is 19.9 Å². The normalized spacial score (nSPS) is 11.3. The molecule has 2 aromatic rings. The fourth-order valence-electron chi connectivity index (χ4n) is 1.39. The van der Waals surface area contributed by atoms with Crippen LogP contribution in [0.1, 0.15) is 19.9 Å². The van der Waals surface area contributed by atoms with E-state index in [1.807, 2.05) is 10.6 Å². The summed E-state index contributed by atoms with van der Waals surface area (Å²) in [6, 6.07) is 2.19. The maximum atomic E-state index is 11.3. The van der Waals surface area contributed by atoms with E-state index in [1.165, 1.54) is 0 Å². The minimum absolute atomic E-state index is 0.128. The summed E-state index contributed by atoms with van der Waals surface area (Å²) in [6.45, 7) is 4.12. The number of hydrogen-bond donors (Lipinski definition) is 1. The van der Waals surface area contributed by atoms with E-state index >= 15 is 0 Å². The Morgan fingerprint density at radius 3 is 3.00 bits per heavy atom. The highest BCUT2D eigenvalue weighted by Gasteiger charge is 2.06. The van der Waals surface area contributed by atoms with Crippen LogP contribution in [0.25, 0.3) is 11.0 Å². The molecule has 0 aromatic carbocycles. The number of rotatable bonds is 1. The molecule has 2 heterocycles. The number of aromatic nitrogens is 3. The van der Waals surface area contributed by atoms with Crippen LogP contribution in [0.3, 0.4) is 0 Å². The first-order valence-corrected chi connectivity index (χ1v) is 4.24. The monoisotopic (exact) mass is 177 g/mol. The molecule has 0 fully saturated rings. The molecule has 68 valence electrons. The zero-order valence-corrected chi connectivity index (χ0v) is 7.61. The van der Waals surface area contributed by atoms with E-state index in [0.717, 1.165) is 5.52 Å². The van der Waals surface area contributed by atoms with Gasteiger partial charge in [-0.2, -0.15) is 0 Å². The Bertz CT molecular complexity index is 481. The minimum Gasteiger partial charge on any atom is -0.328 e. The summed E-state index contributed by atoms with van der Waals surface area (Å²) in [7, 11) is 0. The van der Waals surface area contributed by atoms with Crippen molar-refractivity contribution in [3.63, 3.8) is 0 Å². The summed E-state index contributed by atoms with van der Waals surface area (Å²) in [6.07, 6.45) is 3.34. The van der Waals surface area contributed by atoms with Gasteiger partial charge in [0.15, 0.2) is 5.52 Å². The number of aromatic amines is 1. The lowest BCUT2D eigenvalue weighted by Crippen LogP contribution is -2.05. The molecule has 0 aliphatic heterocycles. The van der Waals surface area contributed by atoms with Crippen LogP contribution < -0.4 is 5.56 Å². The molecule has 1 N–H and O–H groups in total. The van der Waals surface area contributed by atoms with Gasteiger partial charge in [-0.3, -0.25) is 4.79 Å². The number of nitrogens with zero attached hydrogens (tertiary/aromatic N) is 2. The second-order valence-electron chi connectivity index (χ2n) is 3.29. The van der Waals surface area contributed by atoms with E-state index in [4.69, 9.17) is 0 Å². The van der Waals surface area contributed by atoms with Crippen molar-refractivity contribution in [3.8, 4) is 0 Å². The van der Waals surface area contributed by atoms with Gasteiger partial charge in [-0.05, 0) is 19.9 Å². The van der Waals surface area contributed by atoms with Gasteiger partial charge in [0.1, 0.15) is 0 Å². The van der Waals surface area contributed by atoms with Crippen LogP contribution in [-0.2, 0) is 0 Å². The molecule has 0 aliphatic carbocycles. The lowest BCUT2D eigenvalue weighted by atomic mass is 10.3. The summed E-state index contributed by atoms with van der Waals surface area (Å²) in [5.41, 5.74) is 1.27. The highest BCUT2D eigenvalue weighted by Crippen LogP contribution is 2.12. The Hall–Kier alpha value is -1.58. The van der Waals surface area contributed by atoms with Crippen molar-refractivity contribution in [1.82, 2.24) is 14.5 Å². The van der Waals surface area contributed by atoms with Crippen LogP contribution in [0.15, 0.2) is 23.4 Å². The van der Waals surface area contributed by atoms with Gasteiger partial charge in [0.05, 0.1) is 11.8 Å². The maximum absolute atomic E-state index is 11.3. The molecule has 2 aromatic heterocycles. The summed E-state index contributed by atoms with van der Waals surface area (Å²) in [5.74, 6) is 0. The second-order valence-corrected chi connectivity index (χ2v) is 3.29. The number of nitrogens with one attached hydrogen (secondary N) is 1. The summed E-state index contributed by atoms with van der Waals surface area (Å²) in [4.78, 5) is 17.9. The van der Waals surface area contributed by atoms with Crippen LogP contribution in [0.5, 0.6) is 0 Å². The van der Waals surface area contributed by atoms with E-state index in [0.29, 0.717) is 11.6 Å². The maximum Gasteiger partial charge on any atom is 0.276 e. The van der Waals surface area contributed by atoms with Gasteiger partial charge < -0.3 is 9.55 Å². The lowest BCUT2D eigenvalue weighted by Gasteiger charge is -2.06. The molecule has 0 atom stereocenters. The highest BCUT2D eigenvalue weighted by molar-refractivity contribution is 5.73. The average molecular weight is 177 g/mol. The molecule has 0 amide bonds. The third-order valence-electron chi connectivity index (χ3n) is 2.06. The third-order valence-corrected chi connectivity index (χ3v) is 2.06. The van der Waals surface area contributed by atoms with Gasteiger partial charge in [-0.25, -0.2) is 4.98 Å². The highest BCUT2D eigenvalue weighted by atomic mass is 16.1. The van der Waals surface area contributed by atoms with Crippen molar-refractivity contribution >= 4 is 11.0 Å². The first kappa shape index (κ1) is 8.04. The lowest BCUT2D eigenvalue weighted by molar-refractivity contribution is 0.617. The first-order chi connectivity index (χ1) is 6.20. The van der Waals surface area contributed by atoms with E-state index in [1.54, 1.807) is 12.5 Å². The fraction of sp³-hybridized carbons (Fsp3) is 0.333. The van der Waals surface area contributed by atoms with Gasteiger partial charge in [-0.1, -0.05) is 0 Å². The van der Waals surface area contributed by atoms with Crippen molar-refractivity contribution in [3.05, 3.63) is 28.9 Å². The number of hydrogen-bond acceptors (Lipinski definition) is 2. The molecule has 0 spiro atoms. The van der Waals surface area contributed by atoms with Crippen LogP contribution in [-0.4, -0.2) is 14.5 Å². The molecule has 4 nitrogen and oxygen atoms in total. The van der Waals surface area contributed by atoms with Crippen molar-refractivity contribution in [2.24, 2.45) is 0 Å². The molecule has 0 saturated carbocycles. The molecule has 2 rings (SSSR count). The molecular weight excluding hydrogens is 166 g/mol.